The van der Waals surface area contributed by atoms with Gasteiger partial charge in [0.25, 0.3) is 0 Å². The predicted molar refractivity (Wildman–Crippen MR) is 69.3 cm³/mol. The molecule has 7 heteroatoms. The molecule has 0 heterocycles. The third-order valence-corrected chi connectivity index (χ3v) is 3.05. The molecule has 1 atom stereocenters. The van der Waals surface area contributed by atoms with Crippen molar-refractivity contribution in [1.29, 1.82) is 0 Å². The van der Waals surface area contributed by atoms with E-state index in [0.717, 1.165) is 0 Å². The van der Waals surface area contributed by atoms with Gasteiger partial charge in [-0.15, -0.1) is 0 Å². The Morgan fingerprint density at radius 3 is 1.74 bits per heavy atom. The summed E-state index contributed by atoms with van der Waals surface area (Å²) in [6.07, 6.45) is 0. The van der Waals surface area contributed by atoms with E-state index < -0.39 is 11.1 Å². The fourth-order valence-electron chi connectivity index (χ4n) is 1.25. The SMILES string of the molecule is O=S([O-])c1ccc(N=Nc2ccc(Cl)cc2)cc1.[Na+]. The first-order chi connectivity index (χ1) is 8.65. The van der Waals surface area contributed by atoms with Crippen LogP contribution in [0.5, 0.6) is 0 Å². The van der Waals surface area contributed by atoms with E-state index in [4.69, 9.17) is 11.6 Å². The first-order valence-corrected chi connectivity index (χ1v) is 6.47. The average Bonchev–Trinajstić information content (AvgIpc) is 2.38. The maximum absolute atomic E-state index is 10.7. The molecule has 2 aromatic rings. The van der Waals surface area contributed by atoms with Gasteiger partial charge in [0.1, 0.15) is 0 Å². The van der Waals surface area contributed by atoms with Gasteiger partial charge in [0, 0.05) is 9.92 Å². The maximum atomic E-state index is 10.7. The predicted octanol–water partition coefficient (Wildman–Crippen LogP) is 0.997. The number of rotatable bonds is 3. The van der Waals surface area contributed by atoms with Gasteiger partial charge in [0.2, 0.25) is 0 Å². The fraction of sp³-hybridized carbons (Fsp3) is 0. The van der Waals surface area contributed by atoms with Crippen molar-refractivity contribution in [3.63, 3.8) is 0 Å². The Balaban J connectivity index is 0.00000180. The standard InChI is InChI=1S/C12H9ClN2O2S.Na/c13-9-1-3-10(4-2-9)14-15-11-5-7-12(8-6-11)18(16)17;/h1-8H,(H,16,17);/q;+1/p-1. The molecule has 92 valence electrons. The normalized spacial score (nSPS) is 12.1. The van der Waals surface area contributed by atoms with Gasteiger partial charge in [0.15, 0.2) is 0 Å². The van der Waals surface area contributed by atoms with Crippen molar-refractivity contribution in [2.24, 2.45) is 10.2 Å². The second-order valence-corrected chi connectivity index (χ2v) is 4.78. The summed E-state index contributed by atoms with van der Waals surface area (Å²) in [6.45, 7) is 0. The van der Waals surface area contributed by atoms with Crippen LogP contribution in [0.15, 0.2) is 63.7 Å². The Kier molecular flexibility index (Phi) is 6.85. The van der Waals surface area contributed by atoms with Crippen LogP contribution in [-0.4, -0.2) is 8.76 Å². The molecule has 4 nitrogen and oxygen atoms in total. The summed E-state index contributed by atoms with van der Waals surface area (Å²) in [5, 5.41) is 8.63. The average molecular weight is 303 g/mol. The van der Waals surface area contributed by atoms with Crippen molar-refractivity contribution in [1.82, 2.24) is 0 Å². The summed E-state index contributed by atoms with van der Waals surface area (Å²) in [5.74, 6) is 0. The van der Waals surface area contributed by atoms with Crippen LogP contribution in [0, 0.1) is 0 Å². The molecule has 1 unspecified atom stereocenters. The van der Waals surface area contributed by atoms with Crippen LogP contribution in [0.1, 0.15) is 0 Å². The van der Waals surface area contributed by atoms with E-state index >= 15 is 0 Å². The van der Waals surface area contributed by atoms with Crippen molar-refractivity contribution in [2.45, 2.75) is 4.90 Å². The van der Waals surface area contributed by atoms with E-state index in [1.54, 1.807) is 36.4 Å². The molecule has 0 bridgehead atoms. The van der Waals surface area contributed by atoms with Gasteiger partial charge in [-0.25, -0.2) is 0 Å². The second kappa shape index (κ2) is 7.89. The minimum absolute atomic E-state index is 0. The van der Waals surface area contributed by atoms with Gasteiger partial charge in [-0.1, -0.05) is 11.6 Å². The van der Waals surface area contributed by atoms with Crippen molar-refractivity contribution in [3.8, 4) is 0 Å². The van der Waals surface area contributed by atoms with Crippen LogP contribution in [0.4, 0.5) is 11.4 Å². The molecule has 0 amide bonds. The Bertz CT molecular complexity index is 588. The van der Waals surface area contributed by atoms with Gasteiger partial charge >= 0.3 is 29.6 Å². The molecule has 2 rings (SSSR count). The number of halogens is 1. The molecule has 0 spiro atoms. The molecular weight excluding hydrogens is 295 g/mol. The molecule has 19 heavy (non-hydrogen) atoms. The van der Waals surface area contributed by atoms with Gasteiger partial charge in [-0.3, -0.25) is 4.21 Å². The van der Waals surface area contributed by atoms with Crippen molar-refractivity contribution in [3.05, 3.63) is 53.6 Å². The van der Waals surface area contributed by atoms with E-state index in [9.17, 15) is 8.76 Å². The zero-order valence-corrected chi connectivity index (χ0v) is 13.7. The van der Waals surface area contributed by atoms with Gasteiger partial charge in [-0.05, 0) is 59.6 Å². The third-order valence-electron chi connectivity index (χ3n) is 2.14. The van der Waals surface area contributed by atoms with E-state index in [1.807, 2.05) is 0 Å². The number of benzene rings is 2. The van der Waals surface area contributed by atoms with Crippen LogP contribution in [0.25, 0.3) is 0 Å². The first-order valence-electron chi connectivity index (χ1n) is 5.02. The molecule has 0 aliphatic carbocycles. The van der Waals surface area contributed by atoms with E-state index in [1.165, 1.54) is 12.1 Å². The van der Waals surface area contributed by atoms with Crippen molar-refractivity contribution in [2.75, 3.05) is 0 Å². The molecule has 2 aromatic carbocycles. The van der Waals surface area contributed by atoms with Crippen LogP contribution in [0.2, 0.25) is 5.02 Å². The van der Waals surface area contributed by atoms with Crippen LogP contribution in [0.3, 0.4) is 0 Å². The number of nitrogens with zero attached hydrogens (tertiary/aromatic N) is 2. The molecule has 0 fully saturated rings. The summed E-state index contributed by atoms with van der Waals surface area (Å²) < 4.78 is 21.3. The van der Waals surface area contributed by atoms with Crippen LogP contribution >= 0.6 is 11.6 Å². The third kappa shape index (κ3) is 5.14. The molecule has 0 aliphatic heterocycles. The van der Waals surface area contributed by atoms with Crippen LogP contribution < -0.4 is 29.6 Å². The minimum atomic E-state index is -2.22. The van der Waals surface area contributed by atoms with Crippen LogP contribution in [-0.2, 0) is 11.1 Å². The van der Waals surface area contributed by atoms with E-state index in [-0.39, 0.29) is 34.5 Å². The zero-order valence-electron chi connectivity index (χ0n) is 10.1. The second-order valence-electron chi connectivity index (χ2n) is 3.41. The first kappa shape index (κ1) is 16.5. The number of hydrogen-bond donors (Lipinski definition) is 0. The quantitative estimate of drug-likeness (QED) is 0.482. The summed E-state index contributed by atoms with van der Waals surface area (Å²) in [7, 11) is 0. The van der Waals surface area contributed by atoms with Gasteiger partial charge in [-0.2, -0.15) is 10.2 Å². The molecule has 0 N–H and O–H groups in total. The summed E-state index contributed by atoms with van der Waals surface area (Å²) in [6, 6.07) is 13.0. The zero-order chi connectivity index (χ0) is 13.0. The monoisotopic (exact) mass is 302 g/mol. The maximum Gasteiger partial charge on any atom is 1.00 e. The Morgan fingerprint density at radius 1 is 0.895 bits per heavy atom. The Morgan fingerprint density at radius 2 is 1.32 bits per heavy atom. The smallest absolute Gasteiger partial charge is 0.768 e. The summed E-state index contributed by atoms with van der Waals surface area (Å²) >= 11 is 3.53. The van der Waals surface area contributed by atoms with Gasteiger partial charge in [0.05, 0.1) is 11.4 Å². The number of hydrogen-bond acceptors (Lipinski definition) is 4. The Hall–Kier alpha value is -0.560. The summed E-state index contributed by atoms with van der Waals surface area (Å²) in [4.78, 5) is 0.223. The minimum Gasteiger partial charge on any atom is -0.768 e. The van der Waals surface area contributed by atoms with E-state index in [2.05, 4.69) is 10.2 Å². The van der Waals surface area contributed by atoms with Crippen molar-refractivity contribution < 1.29 is 38.3 Å². The fourth-order valence-corrected chi connectivity index (χ4v) is 1.73. The molecule has 0 aliphatic rings. The van der Waals surface area contributed by atoms with Crippen molar-refractivity contribution >= 4 is 34.1 Å². The largest absolute Gasteiger partial charge is 1.00 e. The topological polar surface area (TPSA) is 64.8 Å². The molecular formula is C12H8ClN2NaO2S. The molecule has 0 saturated heterocycles. The molecule has 0 saturated carbocycles. The molecule has 0 aromatic heterocycles. The van der Waals surface area contributed by atoms with E-state index in [0.29, 0.717) is 16.4 Å². The van der Waals surface area contributed by atoms with Gasteiger partial charge < -0.3 is 4.55 Å². The Labute approximate surface area is 140 Å². The molecule has 0 radical (unpaired) electrons. The number of azo groups is 1. The summed E-state index contributed by atoms with van der Waals surface area (Å²) in [5.41, 5.74) is 1.26.